The van der Waals surface area contributed by atoms with E-state index in [2.05, 4.69) is 30.4 Å². The number of ether oxygens (including phenoxy) is 1. The lowest BCUT2D eigenvalue weighted by molar-refractivity contribution is 0.00722. The highest BCUT2D eigenvalue weighted by Gasteiger charge is 2.46. The number of hydroxylamine groups is 1. The molecule has 2 heterocycles. The average molecular weight is 265 g/mol. The van der Waals surface area contributed by atoms with E-state index in [0.717, 1.165) is 23.4 Å². The van der Waals surface area contributed by atoms with Crippen LogP contribution in [-0.4, -0.2) is 12.8 Å². The highest BCUT2D eigenvalue weighted by Crippen LogP contribution is 2.44. The Morgan fingerprint density at radius 1 is 1.10 bits per heavy atom. The third kappa shape index (κ3) is 1.50. The summed E-state index contributed by atoms with van der Waals surface area (Å²) in [5.41, 5.74) is 2.83. The Labute approximate surface area is 118 Å². The number of nitrogens with zero attached hydrogens (tertiary/aromatic N) is 1. The molecular formula is C17H15NO2. The van der Waals surface area contributed by atoms with Gasteiger partial charge in [0.25, 0.3) is 0 Å². The summed E-state index contributed by atoms with van der Waals surface area (Å²) in [5, 5.41) is 1.86. The number of anilines is 1. The zero-order valence-corrected chi connectivity index (χ0v) is 11.2. The third-order valence-corrected chi connectivity index (χ3v) is 3.91. The molecule has 1 atom stereocenters. The first-order valence-corrected chi connectivity index (χ1v) is 6.72. The van der Waals surface area contributed by atoms with Crippen LogP contribution in [0.5, 0.6) is 5.75 Å². The number of fused-ring (bicyclic) bond motifs is 2. The highest BCUT2D eigenvalue weighted by molar-refractivity contribution is 5.67. The minimum Gasteiger partial charge on any atom is -0.461 e. The van der Waals surface area contributed by atoms with Crippen molar-refractivity contribution >= 4 is 11.8 Å². The first-order chi connectivity index (χ1) is 9.82. The van der Waals surface area contributed by atoms with Gasteiger partial charge in [0, 0.05) is 12.0 Å². The number of hydrogen-bond donors (Lipinski definition) is 0. The van der Waals surface area contributed by atoms with E-state index in [1.54, 1.807) is 7.11 Å². The van der Waals surface area contributed by atoms with Gasteiger partial charge in [-0.2, -0.15) is 0 Å². The van der Waals surface area contributed by atoms with Gasteiger partial charge in [0.1, 0.15) is 5.75 Å². The van der Waals surface area contributed by atoms with Gasteiger partial charge in [-0.25, -0.2) is 5.06 Å². The van der Waals surface area contributed by atoms with Gasteiger partial charge in [-0.3, -0.25) is 4.84 Å². The Balaban J connectivity index is 1.81. The Morgan fingerprint density at radius 3 is 2.80 bits per heavy atom. The molecule has 3 nitrogen and oxygen atoms in total. The maximum absolute atomic E-state index is 6.28. The van der Waals surface area contributed by atoms with Crippen LogP contribution in [0.3, 0.4) is 0 Å². The lowest BCUT2D eigenvalue weighted by Gasteiger charge is -2.38. The van der Waals surface area contributed by atoms with Crippen LogP contribution in [0.25, 0.3) is 6.08 Å². The van der Waals surface area contributed by atoms with E-state index < -0.39 is 5.72 Å². The molecule has 2 aliphatic rings. The smallest absolute Gasteiger partial charge is 0.229 e. The van der Waals surface area contributed by atoms with Crippen molar-refractivity contribution in [3.63, 3.8) is 0 Å². The van der Waals surface area contributed by atoms with Gasteiger partial charge in [-0.1, -0.05) is 36.4 Å². The lowest BCUT2D eigenvalue weighted by Crippen LogP contribution is -2.50. The monoisotopic (exact) mass is 265 g/mol. The van der Waals surface area contributed by atoms with Gasteiger partial charge in [-0.15, -0.1) is 0 Å². The molecule has 0 fully saturated rings. The molecular weight excluding hydrogens is 250 g/mol. The van der Waals surface area contributed by atoms with E-state index in [1.165, 1.54) is 5.56 Å². The standard InChI is InChI=1S/C17H15NO2/c1-19-18-15-8-4-2-7-14(15)12-17(18)11-10-13-6-3-5-9-16(13)20-17/h2-11H,12H2,1H3. The Hall–Kier alpha value is -2.26. The highest BCUT2D eigenvalue weighted by atomic mass is 16.7. The molecule has 0 saturated heterocycles. The molecule has 3 heteroatoms. The third-order valence-electron chi connectivity index (χ3n) is 3.91. The van der Waals surface area contributed by atoms with Gasteiger partial charge < -0.3 is 4.74 Å². The average Bonchev–Trinajstić information content (AvgIpc) is 2.79. The molecule has 0 amide bonds. The van der Waals surface area contributed by atoms with Crippen LogP contribution < -0.4 is 9.80 Å². The molecule has 2 aromatic carbocycles. The first kappa shape index (κ1) is 11.6. The number of hydrogen-bond acceptors (Lipinski definition) is 3. The lowest BCUT2D eigenvalue weighted by atomic mass is 10.0. The quantitative estimate of drug-likeness (QED) is 0.788. The molecule has 20 heavy (non-hydrogen) atoms. The van der Waals surface area contributed by atoms with Crippen molar-refractivity contribution in [2.24, 2.45) is 0 Å². The fraction of sp³-hybridized carbons (Fsp3) is 0.176. The van der Waals surface area contributed by atoms with Crippen molar-refractivity contribution in [1.29, 1.82) is 0 Å². The van der Waals surface area contributed by atoms with Crippen molar-refractivity contribution in [3.05, 3.63) is 65.7 Å². The maximum Gasteiger partial charge on any atom is 0.229 e. The second-order valence-corrected chi connectivity index (χ2v) is 5.10. The van der Waals surface area contributed by atoms with Gasteiger partial charge in [0.15, 0.2) is 0 Å². The summed E-state index contributed by atoms with van der Waals surface area (Å²) in [4.78, 5) is 5.60. The molecule has 0 N–H and O–H groups in total. The van der Waals surface area contributed by atoms with E-state index in [1.807, 2.05) is 35.4 Å². The van der Waals surface area contributed by atoms with E-state index >= 15 is 0 Å². The summed E-state index contributed by atoms with van der Waals surface area (Å²) < 4.78 is 6.28. The molecule has 0 radical (unpaired) electrons. The molecule has 4 rings (SSSR count). The fourth-order valence-electron chi connectivity index (χ4n) is 3.02. The number of benzene rings is 2. The SMILES string of the molecule is CON1c2ccccc2CC12C=Cc1ccccc1O2. The largest absolute Gasteiger partial charge is 0.461 e. The maximum atomic E-state index is 6.28. The summed E-state index contributed by atoms with van der Waals surface area (Å²) in [7, 11) is 1.68. The van der Waals surface area contributed by atoms with Gasteiger partial charge in [0.2, 0.25) is 5.72 Å². The van der Waals surface area contributed by atoms with Crippen LogP contribution >= 0.6 is 0 Å². The second kappa shape index (κ2) is 4.12. The summed E-state index contributed by atoms with van der Waals surface area (Å²) >= 11 is 0. The minimum absolute atomic E-state index is 0.577. The fourth-order valence-corrected chi connectivity index (χ4v) is 3.02. The summed E-state index contributed by atoms with van der Waals surface area (Å²) in [6.45, 7) is 0. The topological polar surface area (TPSA) is 21.7 Å². The molecule has 2 aromatic rings. The van der Waals surface area contributed by atoms with Crippen LogP contribution in [0, 0.1) is 0 Å². The summed E-state index contributed by atoms with van der Waals surface area (Å²) in [6, 6.07) is 16.3. The Morgan fingerprint density at radius 2 is 1.90 bits per heavy atom. The molecule has 0 aliphatic carbocycles. The van der Waals surface area contributed by atoms with E-state index in [4.69, 9.17) is 9.57 Å². The van der Waals surface area contributed by atoms with E-state index in [-0.39, 0.29) is 0 Å². The normalized spacial score (nSPS) is 22.6. The van der Waals surface area contributed by atoms with Gasteiger partial charge in [-0.05, 0) is 29.8 Å². The van der Waals surface area contributed by atoms with Crippen LogP contribution in [0.2, 0.25) is 0 Å². The van der Waals surface area contributed by atoms with Crippen LogP contribution in [0.15, 0.2) is 54.6 Å². The summed E-state index contributed by atoms with van der Waals surface area (Å²) in [5.74, 6) is 0.893. The molecule has 100 valence electrons. The Bertz CT molecular complexity index is 695. The summed E-state index contributed by atoms with van der Waals surface area (Å²) in [6.07, 6.45) is 4.97. The predicted molar refractivity (Wildman–Crippen MR) is 78.5 cm³/mol. The van der Waals surface area contributed by atoms with Crippen molar-refractivity contribution in [2.45, 2.75) is 12.1 Å². The molecule has 1 unspecified atom stereocenters. The van der Waals surface area contributed by atoms with Gasteiger partial charge in [0.05, 0.1) is 12.8 Å². The van der Waals surface area contributed by atoms with Gasteiger partial charge >= 0.3 is 0 Å². The molecule has 1 spiro atoms. The minimum atomic E-state index is -0.577. The molecule has 0 saturated carbocycles. The van der Waals surface area contributed by atoms with Crippen molar-refractivity contribution in [2.75, 3.05) is 12.2 Å². The predicted octanol–water partition coefficient (Wildman–Crippen LogP) is 3.41. The van der Waals surface area contributed by atoms with Crippen LogP contribution in [0.1, 0.15) is 11.1 Å². The first-order valence-electron chi connectivity index (χ1n) is 6.72. The molecule has 2 aliphatic heterocycles. The Kier molecular flexibility index (Phi) is 2.38. The zero-order valence-electron chi connectivity index (χ0n) is 11.2. The zero-order chi connectivity index (χ0) is 13.6. The van der Waals surface area contributed by atoms with Crippen molar-refractivity contribution in [3.8, 4) is 5.75 Å². The second-order valence-electron chi connectivity index (χ2n) is 5.10. The van der Waals surface area contributed by atoms with E-state index in [0.29, 0.717) is 0 Å². The van der Waals surface area contributed by atoms with E-state index in [9.17, 15) is 0 Å². The molecule has 0 aromatic heterocycles. The van der Waals surface area contributed by atoms with Crippen LogP contribution in [0.4, 0.5) is 5.69 Å². The van der Waals surface area contributed by atoms with Crippen LogP contribution in [-0.2, 0) is 11.3 Å². The van der Waals surface area contributed by atoms with Crippen molar-refractivity contribution < 1.29 is 9.57 Å². The number of para-hydroxylation sites is 2. The number of rotatable bonds is 1. The molecule has 0 bridgehead atoms. The van der Waals surface area contributed by atoms with Crippen molar-refractivity contribution in [1.82, 2.24) is 0 Å².